The number of amides is 1. The van der Waals surface area contributed by atoms with Gasteiger partial charge in [-0.25, -0.2) is 0 Å². The highest BCUT2D eigenvalue weighted by Crippen LogP contribution is 2.34. The molecule has 42 heavy (non-hydrogen) atoms. The van der Waals surface area contributed by atoms with E-state index < -0.39 is 0 Å². The Kier molecular flexibility index (Phi) is 14.5. The molecule has 1 heterocycles. The first-order valence-electron chi connectivity index (χ1n) is 16.0. The molecular formula is C37H54N2O3. The Bertz CT molecular complexity index is 1170. The molecule has 2 aromatic rings. The van der Waals surface area contributed by atoms with Gasteiger partial charge in [-0.2, -0.15) is 0 Å². The molecule has 230 valence electrons. The van der Waals surface area contributed by atoms with E-state index in [4.69, 9.17) is 9.47 Å². The average Bonchev–Trinajstić information content (AvgIpc) is 2.98. The fourth-order valence-electron chi connectivity index (χ4n) is 5.82. The van der Waals surface area contributed by atoms with Gasteiger partial charge in [0, 0.05) is 25.9 Å². The molecular weight excluding hydrogens is 520 g/mol. The van der Waals surface area contributed by atoms with Gasteiger partial charge in [-0.1, -0.05) is 81.0 Å². The number of piperidine rings is 1. The van der Waals surface area contributed by atoms with E-state index in [0.29, 0.717) is 50.7 Å². The van der Waals surface area contributed by atoms with E-state index in [2.05, 4.69) is 81.7 Å². The van der Waals surface area contributed by atoms with Crippen molar-refractivity contribution < 1.29 is 14.3 Å². The molecule has 5 nitrogen and oxygen atoms in total. The summed E-state index contributed by atoms with van der Waals surface area (Å²) >= 11 is 0. The zero-order chi connectivity index (χ0) is 30.3. The second kappa shape index (κ2) is 18.0. The number of allylic oxidation sites excluding steroid dienone is 2. The van der Waals surface area contributed by atoms with Crippen LogP contribution in [0, 0.1) is 18.8 Å². The quantitative estimate of drug-likeness (QED) is 0.203. The van der Waals surface area contributed by atoms with Gasteiger partial charge in [0.1, 0.15) is 0 Å². The zero-order valence-electron chi connectivity index (χ0n) is 26.9. The number of benzene rings is 2. The lowest BCUT2D eigenvalue weighted by atomic mass is 9.80. The maximum Gasteiger partial charge on any atom is 0.216 e. The minimum Gasteiger partial charge on any atom is -0.377 e. The molecule has 0 radical (unpaired) electrons. The number of carbonyl (C=O) groups excluding carboxylic acids is 1. The van der Waals surface area contributed by atoms with Crippen LogP contribution in [-0.4, -0.2) is 45.4 Å². The Morgan fingerprint density at radius 1 is 1.10 bits per heavy atom. The molecule has 5 heteroatoms. The van der Waals surface area contributed by atoms with Gasteiger partial charge in [0.15, 0.2) is 0 Å². The fourth-order valence-corrected chi connectivity index (χ4v) is 5.82. The molecule has 3 unspecified atom stereocenters. The van der Waals surface area contributed by atoms with Crippen LogP contribution in [0.5, 0.6) is 0 Å². The number of nitrogens with one attached hydrogen (secondary N) is 2. The summed E-state index contributed by atoms with van der Waals surface area (Å²) in [7, 11) is 0. The SMILES string of the molecule is CCC(CCNC(C)=O)=C(C=C(C)COCC(CC)COCc1ccccc1)c1ccc(C2CNCCC2C)c(C)c1. The molecule has 0 spiro atoms. The first-order chi connectivity index (χ1) is 20.3. The van der Waals surface area contributed by atoms with Crippen molar-refractivity contribution in [2.45, 2.75) is 79.8 Å². The van der Waals surface area contributed by atoms with Gasteiger partial charge in [0.2, 0.25) is 5.91 Å². The summed E-state index contributed by atoms with van der Waals surface area (Å²) in [5.41, 5.74) is 9.06. The monoisotopic (exact) mass is 574 g/mol. The summed E-state index contributed by atoms with van der Waals surface area (Å²) in [6.45, 7) is 18.2. The van der Waals surface area contributed by atoms with Crippen molar-refractivity contribution >= 4 is 11.5 Å². The largest absolute Gasteiger partial charge is 0.377 e. The number of aryl methyl sites for hydroxylation is 1. The number of hydrogen-bond acceptors (Lipinski definition) is 4. The van der Waals surface area contributed by atoms with Gasteiger partial charge in [-0.15, -0.1) is 0 Å². The van der Waals surface area contributed by atoms with Crippen LogP contribution >= 0.6 is 0 Å². The molecule has 2 aromatic carbocycles. The Morgan fingerprint density at radius 3 is 2.52 bits per heavy atom. The van der Waals surface area contributed by atoms with Crippen LogP contribution in [0.2, 0.25) is 0 Å². The third-order valence-electron chi connectivity index (χ3n) is 8.53. The van der Waals surface area contributed by atoms with Crippen LogP contribution < -0.4 is 10.6 Å². The molecule has 1 amide bonds. The molecule has 0 aliphatic carbocycles. The second-order valence-corrected chi connectivity index (χ2v) is 12.0. The molecule has 1 aliphatic heterocycles. The standard InChI is InChI=1S/C37H54N2O3/c1-7-31(25-42-26-32-12-10-9-11-13-32)24-41-23-27(3)20-36(33(8-2)17-19-39-30(6)40)34-14-15-35(29(5)21-34)37-22-38-18-16-28(37)4/h9-15,20-21,28,31,37-38H,7-8,16-19,22-26H2,1-6H3,(H,39,40). The Labute approximate surface area is 255 Å². The molecule has 1 fully saturated rings. The summed E-state index contributed by atoms with van der Waals surface area (Å²) in [6.07, 6.45) is 6.31. The maximum atomic E-state index is 11.6. The Balaban J connectivity index is 1.71. The van der Waals surface area contributed by atoms with Crippen LogP contribution in [0.3, 0.4) is 0 Å². The molecule has 0 aromatic heterocycles. The first-order valence-corrected chi connectivity index (χ1v) is 16.0. The fraction of sp³-hybridized carbons (Fsp3) is 0.541. The smallest absolute Gasteiger partial charge is 0.216 e. The summed E-state index contributed by atoms with van der Waals surface area (Å²) in [5, 5.41) is 6.57. The number of hydrogen-bond donors (Lipinski definition) is 2. The predicted octanol–water partition coefficient (Wildman–Crippen LogP) is 7.60. The van der Waals surface area contributed by atoms with Gasteiger partial charge < -0.3 is 20.1 Å². The molecule has 3 rings (SSSR count). The van der Waals surface area contributed by atoms with Crippen LogP contribution in [0.1, 0.15) is 88.5 Å². The van der Waals surface area contributed by atoms with Gasteiger partial charge in [0.25, 0.3) is 0 Å². The van der Waals surface area contributed by atoms with E-state index in [9.17, 15) is 4.79 Å². The van der Waals surface area contributed by atoms with Crippen molar-refractivity contribution in [1.82, 2.24) is 10.6 Å². The number of rotatable bonds is 16. The van der Waals surface area contributed by atoms with Gasteiger partial charge in [-0.05, 0) is 91.3 Å². The van der Waals surface area contributed by atoms with Crippen LogP contribution in [0.25, 0.3) is 5.57 Å². The lowest BCUT2D eigenvalue weighted by molar-refractivity contribution is -0.118. The summed E-state index contributed by atoms with van der Waals surface area (Å²) in [5.74, 6) is 1.62. The topological polar surface area (TPSA) is 59.6 Å². The maximum absolute atomic E-state index is 11.6. The Morgan fingerprint density at radius 2 is 1.86 bits per heavy atom. The van der Waals surface area contributed by atoms with Crippen molar-refractivity contribution in [3.05, 3.63) is 88.0 Å². The van der Waals surface area contributed by atoms with Crippen molar-refractivity contribution in [2.24, 2.45) is 11.8 Å². The highest BCUT2D eigenvalue weighted by molar-refractivity contribution is 5.78. The second-order valence-electron chi connectivity index (χ2n) is 12.0. The zero-order valence-corrected chi connectivity index (χ0v) is 26.9. The van der Waals surface area contributed by atoms with E-state index in [-0.39, 0.29) is 5.91 Å². The van der Waals surface area contributed by atoms with E-state index in [1.165, 1.54) is 45.4 Å². The summed E-state index contributed by atoms with van der Waals surface area (Å²) in [4.78, 5) is 11.6. The molecule has 1 saturated heterocycles. The molecule has 1 aliphatic rings. The lowest BCUT2D eigenvalue weighted by Gasteiger charge is -2.31. The van der Waals surface area contributed by atoms with Gasteiger partial charge in [0.05, 0.1) is 26.4 Å². The van der Waals surface area contributed by atoms with Gasteiger partial charge in [-0.3, -0.25) is 4.79 Å². The molecule has 2 N–H and O–H groups in total. The number of carbonyl (C=O) groups is 1. The molecule has 0 bridgehead atoms. The minimum absolute atomic E-state index is 0.0146. The normalized spacial score (nSPS) is 18.9. The summed E-state index contributed by atoms with van der Waals surface area (Å²) in [6, 6.07) is 17.3. The Hall–Kier alpha value is -2.73. The molecule has 3 atom stereocenters. The first kappa shape index (κ1) is 33.8. The van der Waals surface area contributed by atoms with E-state index in [1.807, 2.05) is 18.2 Å². The highest BCUT2D eigenvalue weighted by Gasteiger charge is 2.24. The average molecular weight is 575 g/mol. The van der Waals surface area contributed by atoms with E-state index in [1.54, 1.807) is 6.92 Å². The number of ether oxygens (including phenoxy) is 2. The summed E-state index contributed by atoms with van der Waals surface area (Å²) < 4.78 is 12.2. The molecule has 0 saturated carbocycles. The van der Waals surface area contributed by atoms with E-state index >= 15 is 0 Å². The van der Waals surface area contributed by atoms with Gasteiger partial charge >= 0.3 is 0 Å². The van der Waals surface area contributed by atoms with E-state index in [0.717, 1.165) is 32.4 Å². The van der Waals surface area contributed by atoms with Crippen molar-refractivity contribution in [3.63, 3.8) is 0 Å². The van der Waals surface area contributed by atoms with Crippen molar-refractivity contribution in [3.8, 4) is 0 Å². The third-order valence-corrected chi connectivity index (χ3v) is 8.53. The third kappa shape index (κ3) is 10.8. The predicted molar refractivity (Wildman–Crippen MR) is 176 cm³/mol. The highest BCUT2D eigenvalue weighted by atomic mass is 16.5. The minimum atomic E-state index is 0.0146. The van der Waals surface area contributed by atoms with Crippen LogP contribution in [0.4, 0.5) is 0 Å². The lowest BCUT2D eigenvalue weighted by Crippen LogP contribution is -2.34. The van der Waals surface area contributed by atoms with Crippen molar-refractivity contribution in [1.29, 1.82) is 0 Å². The van der Waals surface area contributed by atoms with Crippen LogP contribution in [0.15, 0.2) is 65.8 Å². The van der Waals surface area contributed by atoms with Crippen molar-refractivity contribution in [2.75, 3.05) is 39.5 Å². The van der Waals surface area contributed by atoms with Crippen LogP contribution in [-0.2, 0) is 20.9 Å².